The van der Waals surface area contributed by atoms with E-state index >= 15 is 0 Å². The van der Waals surface area contributed by atoms with Crippen LogP contribution in [-0.2, 0) is 6.61 Å². The summed E-state index contributed by atoms with van der Waals surface area (Å²) in [6.07, 6.45) is 1.60. The molecule has 8 heteroatoms. The Morgan fingerprint density at radius 1 is 0.871 bits per heavy atom. The highest BCUT2D eigenvalue weighted by Gasteiger charge is 2.13. The van der Waals surface area contributed by atoms with Gasteiger partial charge in [0.15, 0.2) is 0 Å². The second-order valence-electron chi connectivity index (χ2n) is 6.63. The quantitative estimate of drug-likeness (QED) is 0.291. The number of aromatic nitrogens is 2. The minimum Gasteiger partial charge on any atom is -0.489 e. The van der Waals surface area contributed by atoms with Crippen LogP contribution in [0.25, 0.3) is 11.3 Å². The first kappa shape index (κ1) is 21.7. The molecule has 0 N–H and O–H groups in total. The molecule has 0 aliphatic heterocycles. The summed E-state index contributed by atoms with van der Waals surface area (Å²) in [6, 6.07) is 19.1. The van der Waals surface area contributed by atoms with E-state index < -0.39 is 0 Å². The van der Waals surface area contributed by atoms with Crippen molar-refractivity contribution < 1.29 is 9.53 Å². The van der Waals surface area contributed by atoms with Crippen LogP contribution in [0.5, 0.6) is 5.75 Å². The number of carbonyl (C=O) groups is 1. The summed E-state index contributed by atoms with van der Waals surface area (Å²) in [5.41, 5.74) is 2.65. The number of hydrogen-bond acceptors (Lipinski definition) is 3. The van der Waals surface area contributed by atoms with Crippen molar-refractivity contribution >= 4 is 52.3 Å². The van der Waals surface area contributed by atoms with E-state index in [0.717, 1.165) is 11.1 Å². The maximum atomic E-state index is 12.7. The summed E-state index contributed by atoms with van der Waals surface area (Å²) in [4.78, 5) is 12.7. The minimum absolute atomic E-state index is 0.295. The molecule has 4 aromatic rings. The second-order valence-corrected chi connectivity index (χ2v) is 8.29. The van der Waals surface area contributed by atoms with Gasteiger partial charge in [-0.2, -0.15) is 5.10 Å². The van der Waals surface area contributed by atoms with Gasteiger partial charge in [0, 0.05) is 32.9 Å². The minimum atomic E-state index is -0.311. The highest BCUT2D eigenvalue weighted by atomic mass is 35.5. The lowest BCUT2D eigenvalue weighted by atomic mass is 10.1. The van der Waals surface area contributed by atoms with E-state index in [2.05, 4.69) is 5.10 Å². The van der Waals surface area contributed by atoms with Crippen molar-refractivity contribution in [3.63, 3.8) is 0 Å². The van der Waals surface area contributed by atoms with Gasteiger partial charge in [0.1, 0.15) is 12.4 Å². The molecule has 0 fully saturated rings. The normalized spacial score (nSPS) is 10.8. The summed E-state index contributed by atoms with van der Waals surface area (Å²) in [5.74, 6) is 0.337. The topological polar surface area (TPSA) is 44.1 Å². The third-order valence-corrected chi connectivity index (χ3v) is 5.83. The van der Waals surface area contributed by atoms with Gasteiger partial charge >= 0.3 is 0 Å². The van der Waals surface area contributed by atoms with Gasteiger partial charge in [-0.15, -0.1) is 0 Å². The van der Waals surface area contributed by atoms with Crippen LogP contribution in [0.1, 0.15) is 15.9 Å². The van der Waals surface area contributed by atoms with Crippen molar-refractivity contribution in [1.82, 2.24) is 9.78 Å². The molecule has 0 atom stereocenters. The number of rotatable bonds is 5. The van der Waals surface area contributed by atoms with Crippen LogP contribution in [-0.4, -0.2) is 15.7 Å². The molecule has 0 aliphatic rings. The maximum absolute atomic E-state index is 12.7. The average molecular weight is 492 g/mol. The number of nitrogens with zero attached hydrogens (tertiary/aromatic N) is 2. The Morgan fingerprint density at radius 3 is 2.48 bits per heavy atom. The predicted octanol–water partition coefficient (Wildman–Crippen LogP) is 7.43. The van der Waals surface area contributed by atoms with E-state index in [1.54, 1.807) is 36.5 Å². The molecule has 3 aromatic carbocycles. The molecular formula is C23H14Cl4N2O2. The Bertz CT molecular complexity index is 1270. The van der Waals surface area contributed by atoms with Crippen LogP contribution >= 0.6 is 46.4 Å². The largest absolute Gasteiger partial charge is 0.489 e. The molecule has 0 bridgehead atoms. The molecule has 0 amide bonds. The number of ether oxygens (including phenoxy) is 1. The molecule has 31 heavy (non-hydrogen) atoms. The summed E-state index contributed by atoms with van der Waals surface area (Å²) in [6.45, 7) is 0.295. The third-order valence-electron chi connectivity index (χ3n) is 4.50. The van der Waals surface area contributed by atoms with Crippen LogP contribution in [0.4, 0.5) is 0 Å². The zero-order chi connectivity index (χ0) is 22.0. The van der Waals surface area contributed by atoms with Crippen LogP contribution < -0.4 is 4.74 Å². The number of halogens is 4. The van der Waals surface area contributed by atoms with Crippen molar-refractivity contribution in [3.8, 4) is 17.0 Å². The molecular weight excluding hydrogens is 478 g/mol. The molecule has 0 saturated heterocycles. The van der Waals surface area contributed by atoms with Crippen LogP contribution in [0.2, 0.25) is 20.1 Å². The average Bonchev–Trinajstić information content (AvgIpc) is 3.25. The van der Waals surface area contributed by atoms with Gasteiger partial charge in [0.05, 0.1) is 15.7 Å². The van der Waals surface area contributed by atoms with Crippen molar-refractivity contribution in [2.75, 3.05) is 0 Å². The van der Waals surface area contributed by atoms with Crippen LogP contribution in [0, 0.1) is 0 Å². The number of carbonyl (C=O) groups excluding carboxylic acids is 1. The lowest BCUT2D eigenvalue weighted by molar-refractivity contribution is 0.0945. The van der Waals surface area contributed by atoms with Crippen LogP contribution in [0.3, 0.4) is 0 Å². The van der Waals surface area contributed by atoms with Crippen LogP contribution in [0.15, 0.2) is 72.9 Å². The monoisotopic (exact) mass is 490 g/mol. The molecule has 156 valence electrons. The lowest BCUT2D eigenvalue weighted by Gasteiger charge is -2.09. The fraction of sp³-hybridized carbons (Fsp3) is 0.0435. The smallest absolute Gasteiger partial charge is 0.278 e. The van der Waals surface area contributed by atoms with E-state index in [0.29, 0.717) is 43.7 Å². The summed E-state index contributed by atoms with van der Waals surface area (Å²) in [5, 5.41) is 6.20. The third kappa shape index (κ3) is 5.05. The highest BCUT2D eigenvalue weighted by molar-refractivity contribution is 6.42. The van der Waals surface area contributed by atoms with Crippen molar-refractivity contribution in [1.29, 1.82) is 0 Å². The fourth-order valence-electron chi connectivity index (χ4n) is 2.90. The zero-order valence-electron chi connectivity index (χ0n) is 15.9. The second kappa shape index (κ2) is 9.33. The molecule has 0 aliphatic carbocycles. The highest BCUT2D eigenvalue weighted by Crippen LogP contribution is 2.26. The molecule has 1 aromatic heterocycles. The standard InChI is InChI=1S/C23H14Cl4N2O2/c24-17-6-4-16(20(26)12-17)13-31-18-3-1-2-14(10-18)22-8-9-29(28-22)23(30)15-5-7-19(25)21(27)11-15/h1-12H,13H2. The van der Waals surface area contributed by atoms with Gasteiger partial charge in [-0.05, 0) is 48.5 Å². The van der Waals surface area contributed by atoms with E-state index in [4.69, 9.17) is 51.1 Å². The van der Waals surface area contributed by atoms with Crippen molar-refractivity contribution in [2.24, 2.45) is 0 Å². The zero-order valence-corrected chi connectivity index (χ0v) is 18.9. The van der Waals surface area contributed by atoms with E-state index in [-0.39, 0.29) is 5.91 Å². The molecule has 0 saturated carbocycles. The Morgan fingerprint density at radius 2 is 1.71 bits per heavy atom. The Balaban J connectivity index is 1.51. The molecule has 1 heterocycles. The fourth-order valence-corrected chi connectivity index (χ4v) is 3.66. The van der Waals surface area contributed by atoms with Crippen molar-refractivity contribution in [2.45, 2.75) is 6.61 Å². The van der Waals surface area contributed by atoms with Gasteiger partial charge in [-0.25, -0.2) is 4.68 Å². The van der Waals surface area contributed by atoms with Crippen molar-refractivity contribution in [3.05, 3.63) is 104 Å². The SMILES string of the molecule is O=C(c1ccc(Cl)c(Cl)c1)n1ccc(-c2cccc(OCc3ccc(Cl)cc3Cl)c2)n1. The molecule has 0 spiro atoms. The van der Waals surface area contributed by atoms with Gasteiger partial charge in [0.25, 0.3) is 5.91 Å². The lowest BCUT2D eigenvalue weighted by Crippen LogP contribution is -2.12. The van der Waals surface area contributed by atoms with Gasteiger partial charge in [-0.3, -0.25) is 4.79 Å². The molecule has 0 radical (unpaired) electrons. The van der Waals surface area contributed by atoms with Gasteiger partial charge in [-0.1, -0.05) is 64.6 Å². The predicted molar refractivity (Wildman–Crippen MR) is 125 cm³/mol. The Hall–Kier alpha value is -2.50. The first-order valence-corrected chi connectivity index (χ1v) is 10.6. The van der Waals surface area contributed by atoms with E-state index in [9.17, 15) is 4.79 Å². The number of hydrogen-bond donors (Lipinski definition) is 0. The van der Waals surface area contributed by atoms with Gasteiger partial charge < -0.3 is 4.74 Å². The van der Waals surface area contributed by atoms with E-state index in [1.165, 1.54) is 10.7 Å². The maximum Gasteiger partial charge on any atom is 0.278 e. The summed E-state index contributed by atoms with van der Waals surface area (Å²) in [7, 11) is 0. The summed E-state index contributed by atoms with van der Waals surface area (Å²) < 4.78 is 7.13. The molecule has 4 nitrogen and oxygen atoms in total. The molecule has 4 rings (SSSR count). The van der Waals surface area contributed by atoms with Gasteiger partial charge in [0.2, 0.25) is 0 Å². The Labute approximate surface area is 198 Å². The molecule has 0 unspecified atom stereocenters. The first-order valence-electron chi connectivity index (χ1n) is 9.13. The van der Waals surface area contributed by atoms with E-state index in [1.807, 2.05) is 30.3 Å². The first-order chi connectivity index (χ1) is 14.9. The number of benzene rings is 3. The Kier molecular flexibility index (Phi) is 6.54. The summed E-state index contributed by atoms with van der Waals surface area (Å²) >= 11 is 24.1.